The van der Waals surface area contributed by atoms with Crippen LogP contribution in [0.4, 0.5) is 5.69 Å². The fourth-order valence-electron chi connectivity index (χ4n) is 2.43. The molecular weight excluding hydrogens is 276 g/mol. The zero-order chi connectivity index (χ0) is 14.3. The van der Waals surface area contributed by atoms with Gasteiger partial charge in [-0.1, -0.05) is 11.6 Å². The number of fused-ring (bicyclic) bond motifs is 1. The molecule has 0 bridgehead atoms. The lowest BCUT2D eigenvalue weighted by molar-refractivity contribution is 0.397. The summed E-state index contributed by atoms with van der Waals surface area (Å²) in [5, 5.41) is 4.60. The molecule has 1 heterocycles. The van der Waals surface area contributed by atoms with Crippen LogP contribution in [0.15, 0.2) is 12.1 Å². The largest absolute Gasteiger partial charge is 0.495 e. The van der Waals surface area contributed by atoms with Crippen LogP contribution >= 0.6 is 11.6 Å². The molecular formula is C15H17ClN2O2. The van der Waals surface area contributed by atoms with Gasteiger partial charge in [-0.25, -0.2) is 4.98 Å². The molecule has 2 aromatic rings. The molecule has 0 spiro atoms. The van der Waals surface area contributed by atoms with E-state index in [0.29, 0.717) is 22.4 Å². The van der Waals surface area contributed by atoms with Gasteiger partial charge in [-0.15, -0.1) is 0 Å². The number of nitrogens with zero attached hydrogens (tertiary/aromatic N) is 1. The van der Waals surface area contributed by atoms with E-state index in [0.717, 1.165) is 22.3 Å². The van der Waals surface area contributed by atoms with Crippen molar-refractivity contribution in [2.75, 3.05) is 26.6 Å². The SMILES string of the molecule is CNc1cc(C2CC2)nc2c(OC)cc(OC)c(Cl)c12. The summed E-state index contributed by atoms with van der Waals surface area (Å²) in [6.07, 6.45) is 2.40. The van der Waals surface area contributed by atoms with Crippen LogP contribution < -0.4 is 14.8 Å². The quantitative estimate of drug-likeness (QED) is 0.930. The van der Waals surface area contributed by atoms with Crippen molar-refractivity contribution >= 4 is 28.2 Å². The molecule has 20 heavy (non-hydrogen) atoms. The third-order valence-electron chi connectivity index (χ3n) is 3.68. The van der Waals surface area contributed by atoms with Gasteiger partial charge in [0.05, 0.1) is 19.2 Å². The van der Waals surface area contributed by atoms with E-state index in [1.165, 1.54) is 12.8 Å². The summed E-state index contributed by atoms with van der Waals surface area (Å²) in [5.74, 6) is 1.84. The summed E-state index contributed by atoms with van der Waals surface area (Å²) >= 11 is 6.44. The molecule has 4 nitrogen and oxygen atoms in total. The van der Waals surface area contributed by atoms with Crippen molar-refractivity contribution in [3.05, 3.63) is 22.8 Å². The molecule has 5 heteroatoms. The Kier molecular flexibility index (Phi) is 3.34. The first-order valence-electron chi connectivity index (χ1n) is 6.62. The van der Waals surface area contributed by atoms with Crippen LogP contribution in [0.1, 0.15) is 24.5 Å². The van der Waals surface area contributed by atoms with Crippen molar-refractivity contribution in [2.24, 2.45) is 0 Å². The van der Waals surface area contributed by atoms with Gasteiger partial charge in [0.25, 0.3) is 0 Å². The third kappa shape index (κ3) is 2.04. The van der Waals surface area contributed by atoms with Crippen LogP contribution in [-0.2, 0) is 0 Å². The fourth-order valence-corrected chi connectivity index (χ4v) is 2.75. The average Bonchev–Trinajstić information content (AvgIpc) is 3.31. The summed E-state index contributed by atoms with van der Waals surface area (Å²) in [6, 6.07) is 3.86. The second-order valence-corrected chi connectivity index (χ2v) is 5.32. The summed E-state index contributed by atoms with van der Waals surface area (Å²) in [4.78, 5) is 4.75. The van der Waals surface area contributed by atoms with Gasteiger partial charge in [0, 0.05) is 35.8 Å². The highest BCUT2D eigenvalue weighted by atomic mass is 35.5. The molecule has 1 aliphatic rings. The molecule has 0 radical (unpaired) electrons. The number of halogens is 1. The van der Waals surface area contributed by atoms with E-state index in [9.17, 15) is 0 Å². The second-order valence-electron chi connectivity index (χ2n) is 4.94. The molecule has 0 saturated heterocycles. The molecule has 1 saturated carbocycles. The number of anilines is 1. The van der Waals surface area contributed by atoms with Gasteiger partial charge in [-0.2, -0.15) is 0 Å². The van der Waals surface area contributed by atoms with Crippen molar-refractivity contribution in [3.8, 4) is 11.5 Å². The van der Waals surface area contributed by atoms with Crippen LogP contribution in [0, 0.1) is 0 Å². The molecule has 1 aromatic carbocycles. The maximum Gasteiger partial charge on any atom is 0.148 e. The highest BCUT2D eigenvalue weighted by molar-refractivity contribution is 6.38. The Morgan fingerprint density at radius 3 is 2.45 bits per heavy atom. The lowest BCUT2D eigenvalue weighted by Crippen LogP contribution is -1.99. The van der Waals surface area contributed by atoms with Crippen molar-refractivity contribution < 1.29 is 9.47 Å². The number of methoxy groups -OCH3 is 2. The highest BCUT2D eigenvalue weighted by Crippen LogP contribution is 2.45. The van der Waals surface area contributed by atoms with Crippen molar-refractivity contribution in [1.82, 2.24) is 4.98 Å². The minimum Gasteiger partial charge on any atom is -0.495 e. The molecule has 0 aliphatic heterocycles. The third-order valence-corrected chi connectivity index (χ3v) is 4.05. The van der Waals surface area contributed by atoms with Crippen LogP contribution in [0.5, 0.6) is 11.5 Å². The summed E-state index contributed by atoms with van der Waals surface area (Å²) in [6.45, 7) is 0. The fraction of sp³-hybridized carbons (Fsp3) is 0.400. The molecule has 106 valence electrons. The van der Waals surface area contributed by atoms with Gasteiger partial charge < -0.3 is 14.8 Å². The highest BCUT2D eigenvalue weighted by Gasteiger charge is 2.27. The zero-order valence-corrected chi connectivity index (χ0v) is 12.5. The Morgan fingerprint density at radius 1 is 1.20 bits per heavy atom. The summed E-state index contributed by atoms with van der Waals surface area (Å²) in [7, 11) is 5.11. The van der Waals surface area contributed by atoms with Gasteiger partial charge in [-0.3, -0.25) is 0 Å². The Hall–Kier alpha value is -1.68. The second kappa shape index (κ2) is 5.02. The summed E-state index contributed by atoms with van der Waals surface area (Å²) in [5.41, 5.74) is 2.84. The Bertz CT molecular complexity index is 669. The van der Waals surface area contributed by atoms with E-state index in [1.54, 1.807) is 20.3 Å². The number of benzene rings is 1. The van der Waals surface area contributed by atoms with Gasteiger partial charge >= 0.3 is 0 Å². The van der Waals surface area contributed by atoms with Crippen LogP contribution in [-0.4, -0.2) is 26.3 Å². The lowest BCUT2D eigenvalue weighted by Gasteiger charge is -2.15. The van der Waals surface area contributed by atoms with E-state index in [1.807, 2.05) is 7.05 Å². The van der Waals surface area contributed by atoms with Crippen molar-refractivity contribution in [2.45, 2.75) is 18.8 Å². The monoisotopic (exact) mass is 292 g/mol. The minimum absolute atomic E-state index is 0.558. The number of rotatable bonds is 4. The van der Waals surface area contributed by atoms with Crippen LogP contribution in [0.25, 0.3) is 10.9 Å². The number of nitrogens with one attached hydrogen (secondary N) is 1. The lowest BCUT2D eigenvalue weighted by atomic mass is 10.1. The summed E-state index contributed by atoms with van der Waals surface area (Å²) < 4.78 is 10.8. The average molecular weight is 293 g/mol. The first kappa shape index (κ1) is 13.3. The standard InChI is InChI=1S/C15H17ClN2O2/c1-17-10-6-9(8-4-5-8)18-15-12(20-3)7-11(19-2)14(16)13(10)15/h6-8H,4-5H2,1-3H3,(H,17,18). The molecule has 1 fully saturated rings. The molecule has 1 aliphatic carbocycles. The Labute approximate surface area is 123 Å². The normalized spacial score (nSPS) is 14.4. The smallest absolute Gasteiger partial charge is 0.148 e. The minimum atomic E-state index is 0.558. The van der Waals surface area contributed by atoms with Crippen LogP contribution in [0.2, 0.25) is 5.02 Å². The molecule has 3 rings (SSSR count). The number of ether oxygens (including phenoxy) is 2. The van der Waals surface area contributed by atoms with Crippen LogP contribution in [0.3, 0.4) is 0 Å². The molecule has 0 unspecified atom stereocenters. The van der Waals surface area contributed by atoms with Gasteiger partial charge in [0.1, 0.15) is 17.0 Å². The maximum absolute atomic E-state index is 6.44. The number of aromatic nitrogens is 1. The van der Waals surface area contributed by atoms with E-state index in [-0.39, 0.29) is 0 Å². The topological polar surface area (TPSA) is 43.4 Å². The van der Waals surface area contributed by atoms with Gasteiger partial charge in [0.15, 0.2) is 0 Å². The molecule has 0 atom stereocenters. The Morgan fingerprint density at radius 2 is 1.90 bits per heavy atom. The van der Waals surface area contributed by atoms with E-state index < -0.39 is 0 Å². The van der Waals surface area contributed by atoms with Crippen molar-refractivity contribution in [3.63, 3.8) is 0 Å². The van der Waals surface area contributed by atoms with Gasteiger partial charge in [0.2, 0.25) is 0 Å². The number of hydrogen-bond acceptors (Lipinski definition) is 4. The molecule has 1 N–H and O–H groups in total. The van der Waals surface area contributed by atoms with Crippen molar-refractivity contribution in [1.29, 1.82) is 0 Å². The van der Waals surface area contributed by atoms with E-state index in [2.05, 4.69) is 11.4 Å². The van der Waals surface area contributed by atoms with E-state index in [4.69, 9.17) is 26.1 Å². The first-order valence-corrected chi connectivity index (χ1v) is 7.00. The van der Waals surface area contributed by atoms with E-state index >= 15 is 0 Å². The molecule has 1 aromatic heterocycles. The maximum atomic E-state index is 6.44. The van der Waals surface area contributed by atoms with Gasteiger partial charge in [-0.05, 0) is 18.9 Å². The number of pyridine rings is 1. The predicted octanol–water partition coefficient (Wildman–Crippen LogP) is 3.82. The predicted molar refractivity (Wildman–Crippen MR) is 81.4 cm³/mol. The molecule has 0 amide bonds. The zero-order valence-electron chi connectivity index (χ0n) is 11.8. The number of hydrogen-bond donors (Lipinski definition) is 1. The Balaban J connectivity index is 2.36. The first-order chi connectivity index (χ1) is 9.69.